The summed E-state index contributed by atoms with van der Waals surface area (Å²) in [5, 5.41) is 13.8. The number of nitro groups is 1. The van der Waals surface area contributed by atoms with Crippen LogP contribution in [0.3, 0.4) is 0 Å². The largest absolute Gasteiger partial charge is 0.466 e. The molecule has 1 aliphatic heterocycles. The summed E-state index contributed by atoms with van der Waals surface area (Å²) in [6, 6.07) is 2.51. The van der Waals surface area contributed by atoms with Crippen LogP contribution in [0.25, 0.3) is 0 Å². The van der Waals surface area contributed by atoms with Crippen LogP contribution in [0, 0.1) is 10.1 Å². The van der Waals surface area contributed by atoms with Gasteiger partial charge in [-0.1, -0.05) is 0 Å². The summed E-state index contributed by atoms with van der Waals surface area (Å²) in [5.74, 6) is -2.76. The number of dihydropyridines is 1. The summed E-state index contributed by atoms with van der Waals surface area (Å²) in [6.45, 7) is 3.27. The molecule has 0 saturated carbocycles. The van der Waals surface area contributed by atoms with Crippen LogP contribution in [0.5, 0.6) is 0 Å². The van der Waals surface area contributed by atoms with E-state index < -0.39 is 28.7 Å². The number of allylic oxidation sites excluding steroid dienone is 2. The highest BCUT2D eigenvalue weighted by Gasteiger charge is 2.40. The molecule has 0 spiro atoms. The van der Waals surface area contributed by atoms with Crippen molar-refractivity contribution in [2.45, 2.75) is 19.8 Å². The maximum absolute atomic E-state index is 12.2. The molecule has 128 valence electrons. The molecule has 0 unspecified atom stereocenters. The van der Waals surface area contributed by atoms with Gasteiger partial charge in [0.1, 0.15) is 10.7 Å². The maximum Gasteiger partial charge on any atom is 0.433 e. The van der Waals surface area contributed by atoms with Crippen LogP contribution < -0.4 is 5.32 Å². The predicted octanol–water partition coefficient (Wildman–Crippen LogP) is 1.77. The lowest BCUT2D eigenvalue weighted by Gasteiger charge is -2.28. The third kappa shape index (κ3) is 2.87. The summed E-state index contributed by atoms with van der Waals surface area (Å²) in [6.07, 6.45) is 0. The fourth-order valence-corrected chi connectivity index (χ4v) is 2.64. The number of carbonyl (C=O) groups excluding carboxylic acids is 2. The Bertz CT molecular complexity index is 735. The third-order valence-corrected chi connectivity index (χ3v) is 3.65. The van der Waals surface area contributed by atoms with Gasteiger partial charge < -0.3 is 19.2 Å². The van der Waals surface area contributed by atoms with Crippen LogP contribution in [-0.2, 0) is 19.1 Å². The van der Waals surface area contributed by atoms with Crippen molar-refractivity contribution in [3.8, 4) is 0 Å². The second-order valence-corrected chi connectivity index (χ2v) is 5.05. The minimum absolute atomic E-state index is 0.0719. The average molecular weight is 336 g/mol. The predicted molar refractivity (Wildman–Crippen MR) is 80.7 cm³/mol. The standard InChI is InChI=1S/C15H16N2O7/c1-7-11(14(18)22-3)13(9-5-6-10(24-9)17(20)21)12(8(2)16-7)15(19)23-4/h5-6,13,16H,1-4H3. The van der Waals surface area contributed by atoms with Gasteiger partial charge in [-0.2, -0.15) is 0 Å². The summed E-state index contributed by atoms with van der Waals surface area (Å²) in [7, 11) is 2.40. The monoisotopic (exact) mass is 336 g/mol. The van der Waals surface area contributed by atoms with Crippen molar-refractivity contribution in [3.05, 3.63) is 50.5 Å². The maximum atomic E-state index is 12.2. The van der Waals surface area contributed by atoms with Gasteiger partial charge in [0.15, 0.2) is 0 Å². The molecule has 9 heteroatoms. The molecule has 0 bridgehead atoms. The average Bonchev–Trinajstić information content (AvgIpc) is 3.02. The number of rotatable bonds is 4. The van der Waals surface area contributed by atoms with Gasteiger partial charge in [0.2, 0.25) is 0 Å². The second-order valence-electron chi connectivity index (χ2n) is 5.05. The van der Waals surface area contributed by atoms with Crippen molar-refractivity contribution in [3.63, 3.8) is 0 Å². The molecule has 0 amide bonds. The molecule has 1 N–H and O–H groups in total. The number of hydrogen-bond donors (Lipinski definition) is 1. The van der Waals surface area contributed by atoms with Gasteiger partial charge in [-0.05, 0) is 19.9 Å². The quantitative estimate of drug-likeness (QED) is 0.501. The number of carbonyl (C=O) groups is 2. The molecule has 2 heterocycles. The zero-order chi connectivity index (χ0) is 18.0. The molecule has 1 aromatic rings. The first-order chi connectivity index (χ1) is 11.3. The molecule has 9 nitrogen and oxygen atoms in total. The van der Waals surface area contributed by atoms with Gasteiger partial charge in [-0.3, -0.25) is 10.1 Å². The summed E-state index contributed by atoms with van der Waals surface area (Å²) in [4.78, 5) is 34.5. The van der Waals surface area contributed by atoms with Crippen molar-refractivity contribution in [2.24, 2.45) is 0 Å². The van der Waals surface area contributed by atoms with E-state index in [-0.39, 0.29) is 16.9 Å². The van der Waals surface area contributed by atoms with E-state index in [1.165, 1.54) is 20.3 Å². The summed E-state index contributed by atoms with van der Waals surface area (Å²) in [5.41, 5.74) is 1.15. The van der Waals surface area contributed by atoms with E-state index in [2.05, 4.69) is 5.32 Å². The van der Waals surface area contributed by atoms with Crippen LogP contribution in [0.15, 0.2) is 39.1 Å². The fraction of sp³-hybridized carbons (Fsp3) is 0.333. The molecule has 24 heavy (non-hydrogen) atoms. The van der Waals surface area contributed by atoms with Gasteiger partial charge >= 0.3 is 17.8 Å². The molecule has 1 aliphatic rings. The Morgan fingerprint density at radius 2 is 1.62 bits per heavy atom. The van der Waals surface area contributed by atoms with E-state index in [1.807, 2.05) is 0 Å². The molecular formula is C15H16N2O7. The van der Waals surface area contributed by atoms with E-state index in [4.69, 9.17) is 13.9 Å². The van der Waals surface area contributed by atoms with Crippen molar-refractivity contribution < 1.29 is 28.4 Å². The molecule has 0 aromatic carbocycles. The Hall–Kier alpha value is -3.10. The SMILES string of the molecule is COC(=O)C1=C(C)NC(C)=C(C(=O)OC)C1c1ccc([N+](=O)[O-])o1. The molecule has 0 radical (unpaired) electrons. The van der Waals surface area contributed by atoms with Gasteiger partial charge in [-0.25, -0.2) is 9.59 Å². The first kappa shape index (κ1) is 17.3. The molecule has 0 saturated heterocycles. The number of methoxy groups -OCH3 is 2. The van der Waals surface area contributed by atoms with E-state index >= 15 is 0 Å². The Labute approximate surface area is 137 Å². The van der Waals surface area contributed by atoms with E-state index in [0.29, 0.717) is 11.4 Å². The Morgan fingerprint density at radius 3 is 2.00 bits per heavy atom. The molecule has 0 fully saturated rings. The van der Waals surface area contributed by atoms with Gasteiger partial charge in [0.05, 0.1) is 37.4 Å². The molecule has 2 rings (SSSR count). The highest BCUT2D eigenvalue weighted by molar-refractivity contribution is 5.99. The topological polar surface area (TPSA) is 121 Å². The van der Waals surface area contributed by atoms with E-state index in [1.54, 1.807) is 13.8 Å². The normalized spacial score (nSPS) is 15.2. The Morgan fingerprint density at radius 1 is 1.12 bits per heavy atom. The zero-order valence-corrected chi connectivity index (χ0v) is 13.5. The lowest BCUT2D eigenvalue weighted by atomic mass is 9.83. The lowest BCUT2D eigenvalue weighted by molar-refractivity contribution is -0.402. The van der Waals surface area contributed by atoms with Crippen LogP contribution in [0.2, 0.25) is 0 Å². The highest BCUT2D eigenvalue weighted by Crippen LogP contribution is 2.40. The van der Waals surface area contributed by atoms with Crippen LogP contribution in [0.1, 0.15) is 25.5 Å². The minimum atomic E-state index is -0.972. The summed E-state index contributed by atoms with van der Waals surface area (Å²) >= 11 is 0. The molecule has 0 aliphatic carbocycles. The van der Waals surface area contributed by atoms with Crippen LogP contribution >= 0.6 is 0 Å². The highest BCUT2D eigenvalue weighted by atomic mass is 16.6. The second kappa shape index (κ2) is 6.57. The number of furan rings is 1. The van der Waals surface area contributed by atoms with Gasteiger partial charge in [0.25, 0.3) is 0 Å². The van der Waals surface area contributed by atoms with E-state index in [0.717, 1.165) is 6.07 Å². The van der Waals surface area contributed by atoms with Crippen molar-refractivity contribution in [1.82, 2.24) is 5.32 Å². The number of nitrogens with zero attached hydrogens (tertiary/aromatic N) is 1. The number of hydrogen-bond acceptors (Lipinski definition) is 8. The first-order valence-corrected chi connectivity index (χ1v) is 6.91. The minimum Gasteiger partial charge on any atom is -0.466 e. The van der Waals surface area contributed by atoms with Gasteiger partial charge in [0, 0.05) is 11.4 Å². The lowest BCUT2D eigenvalue weighted by Crippen LogP contribution is -2.31. The summed E-state index contributed by atoms with van der Waals surface area (Å²) < 4.78 is 14.8. The molecule has 1 aromatic heterocycles. The number of esters is 2. The molecule has 0 atom stereocenters. The number of nitrogens with one attached hydrogen (secondary N) is 1. The zero-order valence-electron chi connectivity index (χ0n) is 13.5. The fourth-order valence-electron chi connectivity index (χ4n) is 2.64. The van der Waals surface area contributed by atoms with Crippen LogP contribution in [-0.4, -0.2) is 31.1 Å². The van der Waals surface area contributed by atoms with Crippen LogP contribution in [0.4, 0.5) is 5.88 Å². The number of ether oxygens (including phenoxy) is 2. The van der Waals surface area contributed by atoms with Crippen molar-refractivity contribution in [2.75, 3.05) is 14.2 Å². The Balaban J connectivity index is 2.66. The van der Waals surface area contributed by atoms with E-state index in [9.17, 15) is 19.7 Å². The van der Waals surface area contributed by atoms with Crippen molar-refractivity contribution >= 4 is 17.8 Å². The first-order valence-electron chi connectivity index (χ1n) is 6.91. The van der Waals surface area contributed by atoms with Gasteiger partial charge in [-0.15, -0.1) is 0 Å². The third-order valence-electron chi connectivity index (χ3n) is 3.65. The molecular weight excluding hydrogens is 320 g/mol. The van der Waals surface area contributed by atoms with Crippen molar-refractivity contribution in [1.29, 1.82) is 0 Å². The smallest absolute Gasteiger partial charge is 0.433 e. The Kier molecular flexibility index (Phi) is 4.72.